The van der Waals surface area contributed by atoms with Crippen LogP contribution in [0, 0.1) is 5.92 Å². The number of carbonyl (C=O) groups is 1. The maximum Gasteiger partial charge on any atom is 0.154 e. The minimum atomic E-state index is -3.09. The third-order valence-electron chi connectivity index (χ3n) is 1.12. The van der Waals surface area contributed by atoms with E-state index in [0.29, 0.717) is 6.29 Å². The highest BCUT2D eigenvalue weighted by atomic mass is 32.2. The maximum absolute atomic E-state index is 11.0. The molecular formula is C7H12O3S. The van der Waals surface area contributed by atoms with E-state index < -0.39 is 15.8 Å². The lowest BCUT2D eigenvalue weighted by atomic mass is 10.3. The van der Waals surface area contributed by atoms with Crippen molar-refractivity contribution in [3.05, 3.63) is 12.7 Å². The van der Waals surface area contributed by atoms with Crippen molar-refractivity contribution in [2.45, 2.75) is 6.92 Å². The number of hydrogen-bond donors (Lipinski definition) is 0. The van der Waals surface area contributed by atoms with Gasteiger partial charge >= 0.3 is 0 Å². The van der Waals surface area contributed by atoms with E-state index in [9.17, 15) is 13.2 Å². The number of sulfone groups is 1. The highest BCUT2D eigenvalue weighted by Gasteiger charge is 2.12. The van der Waals surface area contributed by atoms with E-state index in [1.807, 2.05) is 0 Å². The molecule has 0 radical (unpaired) electrons. The van der Waals surface area contributed by atoms with Crippen molar-refractivity contribution in [2.75, 3.05) is 11.5 Å². The van der Waals surface area contributed by atoms with Crippen LogP contribution in [0.1, 0.15) is 6.92 Å². The molecule has 0 bridgehead atoms. The van der Waals surface area contributed by atoms with Crippen LogP contribution in [0.25, 0.3) is 0 Å². The minimum absolute atomic E-state index is 0.0504. The number of carbonyl (C=O) groups excluding carboxylic acids is 1. The fourth-order valence-corrected chi connectivity index (χ4v) is 2.06. The Bertz CT molecular complexity index is 228. The van der Waals surface area contributed by atoms with Crippen LogP contribution in [0.5, 0.6) is 0 Å². The summed E-state index contributed by atoms with van der Waals surface area (Å²) in [5, 5.41) is 0. The van der Waals surface area contributed by atoms with Gasteiger partial charge in [-0.15, -0.1) is 6.58 Å². The molecule has 0 aliphatic rings. The van der Waals surface area contributed by atoms with Gasteiger partial charge in [-0.2, -0.15) is 0 Å². The summed E-state index contributed by atoms with van der Waals surface area (Å²) in [7, 11) is -3.09. The fraction of sp³-hybridized carbons (Fsp3) is 0.571. The normalized spacial score (nSPS) is 13.9. The van der Waals surface area contributed by atoms with Crippen molar-refractivity contribution in [3.8, 4) is 0 Å². The van der Waals surface area contributed by atoms with Gasteiger partial charge in [-0.25, -0.2) is 8.42 Å². The Morgan fingerprint density at radius 3 is 2.45 bits per heavy atom. The Morgan fingerprint density at radius 1 is 1.55 bits per heavy atom. The van der Waals surface area contributed by atoms with Crippen LogP contribution in [0.2, 0.25) is 0 Å². The average Bonchev–Trinajstić information content (AvgIpc) is 1.86. The van der Waals surface area contributed by atoms with Gasteiger partial charge in [-0.05, 0) is 0 Å². The summed E-state index contributed by atoms with van der Waals surface area (Å²) in [6, 6.07) is 0. The molecule has 64 valence electrons. The zero-order valence-electron chi connectivity index (χ0n) is 6.49. The van der Waals surface area contributed by atoms with E-state index in [-0.39, 0.29) is 11.5 Å². The number of aldehydes is 1. The molecule has 0 aliphatic carbocycles. The first-order valence-corrected chi connectivity index (χ1v) is 5.10. The molecule has 0 fully saturated rings. The predicted octanol–water partition coefficient (Wildman–Crippen LogP) is 0.422. The number of hydrogen-bond acceptors (Lipinski definition) is 3. The largest absolute Gasteiger partial charge is 0.303 e. The van der Waals surface area contributed by atoms with E-state index in [2.05, 4.69) is 6.58 Å². The van der Waals surface area contributed by atoms with Gasteiger partial charge in [0, 0.05) is 5.92 Å². The zero-order valence-corrected chi connectivity index (χ0v) is 7.30. The van der Waals surface area contributed by atoms with Crippen LogP contribution in [0.4, 0.5) is 0 Å². The summed E-state index contributed by atoms with van der Waals surface area (Å²) in [6.45, 7) is 4.89. The Balaban J connectivity index is 4.12. The summed E-state index contributed by atoms with van der Waals surface area (Å²) in [5.41, 5.74) is 0. The van der Waals surface area contributed by atoms with E-state index in [1.54, 1.807) is 6.92 Å². The standard InChI is InChI=1S/C7H12O3S/c1-3-4-11(9,10)6-7(2)5-8/h3,5,7H,1,4,6H2,2H3/t7-/m1/s1. The first kappa shape index (κ1) is 10.4. The van der Waals surface area contributed by atoms with Gasteiger partial charge in [-0.3, -0.25) is 0 Å². The molecule has 4 heteroatoms. The van der Waals surface area contributed by atoms with Crippen molar-refractivity contribution in [1.29, 1.82) is 0 Å². The van der Waals surface area contributed by atoms with E-state index in [4.69, 9.17) is 0 Å². The van der Waals surface area contributed by atoms with Crippen molar-refractivity contribution >= 4 is 16.1 Å². The topological polar surface area (TPSA) is 51.2 Å². The van der Waals surface area contributed by atoms with E-state index in [1.165, 1.54) is 6.08 Å². The van der Waals surface area contributed by atoms with Crippen molar-refractivity contribution in [1.82, 2.24) is 0 Å². The molecule has 0 N–H and O–H groups in total. The molecule has 11 heavy (non-hydrogen) atoms. The molecule has 0 aromatic carbocycles. The molecule has 0 aliphatic heterocycles. The monoisotopic (exact) mass is 176 g/mol. The van der Waals surface area contributed by atoms with Crippen LogP contribution in [0.15, 0.2) is 12.7 Å². The second kappa shape index (κ2) is 4.28. The highest BCUT2D eigenvalue weighted by Crippen LogP contribution is 1.98. The smallest absolute Gasteiger partial charge is 0.154 e. The van der Waals surface area contributed by atoms with Crippen molar-refractivity contribution < 1.29 is 13.2 Å². The Kier molecular flexibility index (Phi) is 4.03. The highest BCUT2D eigenvalue weighted by molar-refractivity contribution is 7.91. The molecule has 0 aromatic heterocycles. The molecule has 0 rings (SSSR count). The first-order chi connectivity index (χ1) is 5.02. The molecule has 0 amide bonds. The molecule has 1 atom stereocenters. The molecule has 0 saturated carbocycles. The summed E-state index contributed by atoms with van der Waals surface area (Å²) in [4.78, 5) is 10.1. The van der Waals surface area contributed by atoms with Gasteiger partial charge in [0.2, 0.25) is 0 Å². The maximum atomic E-state index is 11.0. The van der Waals surface area contributed by atoms with E-state index in [0.717, 1.165) is 0 Å². The Morgan fingerprint density at radius 2 is 2.09 bits per heavy atom. The molecule has 3 nitrogen and oxygen atoms in total. The third kappa shape index (κ3) is 4.72. The summed E-state index contributed by atoms with van der Waals surface area (Å²) in [5.74, 6) is -0.548. The second-order valence-corrected chi connectivity index (χ2v) is 4.63. The summed E-state index contributed by atoms with van der Waals surface area (Å²) in [6.07, 6.45) is 1.97. The van der Waals surface area contributed by atoms with Crippen LogP contribution in [-0.4, -0.2) is 26.2 Å². The summed E-state index contributed by atoms with van der Waals surface area (Å²) < 4.78 is 21.9. The minimum Gasteiger partial charge on any atom is -0.303 e. The van der Waals surface area contributed by atoms with Gasteiger partial charge in [0.1, 0.15) is 6.29 Å². The quantitative estimate of drug-likeness (QED) is 0.450. The zero-order chi connectivity index (χ0) is 8.91. The van der Waals surface area contributed by atoms with Crippen LogP contribution < -0.4 is 0 Å². The predicted molar refractivity (Wildman–Crippen MR) is 44.1 cm³/mol. The van der Waals surface area contributed by atoms with Crippen molar-refractivity contribution in [2.24, 2.45) is 5.92 Å². The lowest BCUT2D eigenvalue weighted by Gasteiger charge is -2.01. The Hall–Kier alpha value is -0.640. The fourth-order valence-electron chi connectivity index (χ4n) is 0.687. The second-order valence-electron chi connectivity index (χ2n) is 2.48. The van der Waals surface area contributed by atoms with Gasteiger partial charge in [0.25, 0.3) is 0 Å². The van der Waals surface area contributed by atoms with Crippen LogP contribution >= 0.6 is 0 Å². The van der Waals surface area contributed by atoms with Crippen LogP contribution in [0.3, 0.4) is 0 Å². The van der Waals surface area contributed by atoms with Crippen molar-refractivity contribution in [3.63, 3.8) is 0 Å². The molecule has 0 heterocycles. The summed E-state index contributed by atoms with van der Waals surface area (Å²) >= 11 is 0. The number of rotatable bonds is 5. The van der Waals surface area contributed by atoms with Crippen LogP contribution in [-0.2, 0) is 14.6 Å². The Labute approximate surface area is 67.0 Å². The van der Waals surface area contributed by atoms with Gasteiger partial charge in [0.15, 0.2) is 9.84 Å². The lowest BCUT2D eigenvalue weighted by molar-refractivity contribution is -0.110. The average molecular weight is 176 g/mol. The SMILES string of the molecule is C=CCS(=O)(=O)C[C@H](C)C=O. The molecule has 0 spiro atoms. The van der Waals surface area contributed by atoms with Gasteiger partial charge in [-0.1, -0.05) is 13.0 Å². The van der Waals surface area contributed by atoms with Gasteiger partial charge in [0.05, 0.1) is 11.5 Å². The lowest BCUT2D eigenvalue weighted by Crippen LogP contribution is -2.16. The van der Waals surface area contributed by atoms with Gasteiger partial charge < -0.3 is 4.79 Å². The molecular weight excluding hydrogens is 164 g/mol. The third-order valence-corrected chi connectivity index (χ3v) is 2.90. The van der Waals surface area contributed by atoms with E-state index >= 15 is 0 Å². The first-order valence-electron chi connectivity index (χ1n) is 3.28. The molecule has 0 saturated heterocycles. The molecule has 0 unspecified atom stereocenters. The molecule has 0 aromatic rings.